The van der Waals surface area contributed by atoms with Gasteiger partial charge in [0.2, 0.25) is 5.91 Å². The molecule has 1 N–H and O–H groups in total. The molecular weight excluding hydrogens is 976 g/mol. The highest BCUT2D eigenvalue weighted by atomic mass is 31.2. The van der Waals surface area contributed by atoms with Crippen LogP contribution in [0.25, 0.3) is 0 Å². The minimum Gasteiger partial charge on any atom is -0.756 e. The molecule has 0 spiro atoms. The number of carbonyl (C=O) groups is 2. The second-order valence-electron chi connectivity index (χ2n) is 22.2. The van der Waals surface area contributed by atoms with Gasteiger partial charge < -0.3 is 28.5 Å². The summed E-state index contributed by atoms with van der Waals surface area (Å²) in [6.45, 7) is 6.68. The predicted molar refractivity (Wildman–Crippen MR) is 330 cm³/mol. The minimum absolute atomic E-state index is 0.0314. The summed E-state index contributed by atoms with van der Waals surface area (Å²) in [4.78, 5) is 40.0. The van der Waals surface area contributed by atoms with Crippen LogP contribution in [0.2, 0.25) is 0 Å². The molecule has 0 aliphatic carbocycles. The number of quaternary nitrogens is 1. The summed E-state index contributed by atoms with van der Waals surface area (Å²) in [5.74, 6) is -0.571. The summed E-state index contributed by atoms with van der Waals surface area (Å²) in [6.07, 6.45) is 75.1. The average molecular weight is 1100 g/mol. The van der Waals surface area contributed by atoms with Crippen LogP contribution in [0.5, 0.6) is 0 Å². The molecule has 0 aliphatic rings. The number of ether oxygens (including phenoxy) is 1. The van der Waals surface area contributed by atoms with Crippen LogP contribution in [0, 0.1) is 0 Å². The van der Waals surface area contributed by atoms with E-state index in [1.807, 2.05) is 33.3 Å². The predicted octanol–water partition coefficient (Wildman–Crippen LogP) is 18.9. The van der Waals surface area contributed by atoms with Gasteiger partial charge in [-0.05, 0) is 109 Å². The maximum absolute atomic E-state index is 13.5. The number of likely N-dealkylation sites (N-methyl/N-ethyl adjacent to an activating group) is 1. The molecule has 0 heterocycles. The van der Waals surface area contributed by atoms with Crippen LogP contribution in [0.1, 0.15) is 265 Å². The molecule has 10 heteroatoms. The molecule has 0 radical (unpaired) electrons. The fraction of sp³-hybridized carbons (Fsp3) is 0.731. The Bertz CT molecular complexity index is 1640. The van der Waals surface area contributed by atoms with Gasteiger partial charge in [0.05, 0.1) is 33.8 Å². The molecule has 1 amide bonds. The zero-order chi connectivity index (χ0) is 56.4. The van der Waals surface area contributed by atoms with E-state index >= 15 is 0 Å². The SMILES string of the molecule is CC/C=C/C/C=C/C/C=C/CCCCCCCCC(=O)NC(COP(=O)([O-])OCC[N+](C)(C)C)C(/C=C\CCCCCCCCCCCC)OC(=O)CCCCCCCCC/C=C\C/C=C\C/C=C\C/C=C\CCCCC. The van der Waals surface area contributed by atoms with E-state index in [2.05, 4.69) is 111 Å². The maximum atomic E-state index is 13.5. The lowest BCUT2D eigenvalue weighted by atomic mass is 10.0. The largest absolute Gasteiger partial charge is 0.756 e. The molecular formula is C67H119N2O7P. The number of hydrogen-bond donors (Lipinski definition) is 1. The number of allylic oxidation sites excluding steroid dienone is 15. The fourth-order valence-corrected chi connectivity index (χ4v) is 9.36. The third kappa shape index (κ3) is 57.4. The van der Waals surface area contributed by atoms with Crippen LogP contribution in [-0.2, 0) is 27.9 Å². The Hall–Kier alpha value is -3.07. The Labute approximate surface area is 475 Å². The fourth-order valence-electron chi connectivity index (χ4n) is 8.64. The number of carbonyl (C=O) groups excluding carboxylic acids is 2. The van der Waals surface area contributed by atoms with E-state index in [9.17, 15) is 19.0 Å². The molecule has 0 aromatic rings. The summed E-state index contributed by atoms with van der Waals surface area (Å²) < 4.78 is 30.3. The first kappa shape index (κ1) is 73.9. The lowest BCUT2D eigenvalue weighted by Crippen LogP contribution is -2.47. The number of esters is 1. The average Bonchev–Trinajstić information content (AvgIpc) is 3.39. The second-order valence-corrected chi connectivity index (χ2v) is 23.6. The first-order valence-electron chi connectivity index (χ1n) is 31.5. The van der Waals surface area contributed by atoms with Crippen molar-refractivity contribution in [1.29, 1.82) is 0 Å². The molecule has 444 valence electrons. The Kier molecular flexibility index (Phi) is 54.0. The normalized spacial score (nSPS) is 14.3. The lowest BCUT2D eigenvalue weighted by molar-refractivity contribution is -0.870. The number of amides is 1. The summed E-state index contributed by atoms with van der Waals surface area (Å²) in [7, 11) is 1.16. The summed E-state index contributed by atoms with van der Waals surface area (Å²) in [6, 6.07) is -0.905. The molecule has 0 aromatic heterocycles. The Morgan fingerprint density at radius 2 is 0.831 bits per heavy atom. The molecule has 0 saturated heterocycles. The molecule has 3 atom stereocenters. The Balaban J connectivity index is 5.25. The highest BCUT2D eigenvalue weighted by Crippen LogP contribution is 2.38. The Morgan fingerprint density at radius 1 is 0.468 bits per heavy atom. The van der Waals surface area contributed by atoms with Gasteiger partial charge in [0.25, 0.3) is 7.82 Å². The van der Waals surface area contributed by atoms with Gasteiger partial charge in [0, 0.05) is 12.8 Å². The molecule has 3 unspecified atom stereocenters. The van der Waals surface area contributed by atoms with E-state index < -0.39 is 26.6 Å². The van der Waals surface area contributed by atoms with Crippen molar-refractivity contribution in [3.63, 3.8) is 0 Å². The van der Waals surface area contributed by atoms with Crippen molar-refractivity contribution in [2.45, 2.75) is 277 Å². The molecule has 0 aliphatic heterocycles. The topological polar surface area (TPSA) is 114 Å². The van der Waals surface area contributed by atoms with Crippen LogP contribution < -0.4 is 10.2 Å². The zero-order valence-electron chi connectivity index (χ0n) is 50.6. The molecule has 0 rings (SSSR count). The van der Waals surface area contributed by atoms with Crippen molar-refractivity contribution in [3.8, 4) is 0 Å². The van der Waals surface area contributed by atoms with E-state index in [1.165, 1.54) is 96.3 Å². The highest BCUT2D eigenvalue weighted by molar-refractivity contribution is 7.45. The number of rotatable bonds is 56. The first-order chi connectivity index (χ1) is 37.4. The van der Waals surface area contributed by atoms with Gasteiger partial charge in [0.15, 0.2) is 0 Å². The minimum atomic E-state index is -4.71. The third-order valence-electron chi connectivity index (χ3n) is 13.5. The number of unbranched alkanes of at least 4 members (excludes halogenated alkanes) is 26. The number of phosphoric ester groups is 1. The van der Waals surface area contributed by atoms with Crippen molar-refractivity contribution in [2.24, 2.45) is 0 Å². The smallest absolute Gasteiger partial charge is 0.306 e. The van der Waals surface area contributed by atoms with E-state index in [-0.39, 0.29) is 24.9 Å². The number of nitrogens with zero attached hydrogens (tertiary/aromatic N) is 1. The number of phosphoric acid groups is 1. The van der Waals surface area contributed by atoms with Gasteiger partial charge in [-0.25, -0.2) is 0 Å². The first-order valence-corrected chi connectivity index (χ1v) is 33.0. The number of hydrogen-bond acceptors (Lipinski definition) is 7. The van der Waals surface area contributed by atoms with Crippen LogP contribution in [-0.4, -0.2) is 69.4 Å². The van der Waals surface area contributed by atoms with Crippen LogP contribution >= 0.6 is 7.82 Å². The molecule has 0 saturated carbocycles. The highest BCUT2D eigenvalue weighted by Gasteiger charge is 2.27. The third-order valence-corrected chi connectivity index (χ3v) is 14.5. The van der Waals surface area contributed by atoms with E-state index in [0.29, 0.717) is 23.9 Å². The molecule has 77 heavy (non-hydrogen) atoms. The molecule has 0 fully saturated rings. The van der Waals surface area contributed by atoms with Crippen LogP contribution in [0.4, 0.5) is 0 Å². The zero-order valence-corrected chi connectivity index (χ0v) is 51.5. The van der Waals surface area contributed by atoms with Gasteiger partial charge in [0.1, 0.15) is 19.3 Å². The van der Waals surface area contributed by atoms with Gasteiger partial charge >= 0.3 is 5.97 Å². The molecule has 0 aromatic carbocycles. The van der Waals surface area contributed by atoms with Crippen molar-refractivity contribution in [2.75, 3.05) is 40.9 Å². The lowest BCUT2D eigenvalue weighted by Gasteiger charge is -2.30. The van der Waals surface area contributed by atoms with Gasteiger partial charge in [-0.2, -0.15) is 0 Å². The standard InChI is InChI=1S/C67H119N2O7P/c1-7-10-13-16-19-22-25-28-30-32-33-34-35-36-37-38-40-42-45-48-51-54-57-60-67(71)76-65(58-55-52-49-46-43-27-24-21-18-15-12-9-3)64(63-75-77(72,73)74-62-61-69(4,5)6)68-66(70)59-56-53-50-47-44-41-39-31-29-26-23-20-17-14-11-8-2/h11,14,19-20,22-23,28-31,33-34,36-37,55,58,64-65H,7-10,12-13,15-18,21,24-27,32,35,38-54,56-57,59-63H2,1-6H3,(H-,68,70,72,73)/b14-11+,22-19-,23-20+,30-28-,31-29+,34-33-,37-36-,58-55-. The van der Waals surface area contributed by atoms with Crippen molar-refractivity contribution in [1.82, 2.24) is 5.32 Å². The Morgan fingerprint density at radius 3 is 1.27 bits per heavy atom. The maximum Gasteiger partial charge on any atom is 0.306 e. The van der Waals surface area contributed by atoms with E-state index in [4.69, 9.17) is 13.8 Å². The van der Waals surface area contributed by atoms with Crippen molar-refractivity contribution >= 4 is 19.7 Å². The van der Waals surface area contributed by atoms with E-state index in [1.54, 1.807) is 0 Å². The molecule has 0 bridgehead atoms. The van der Waals surface area contributed by atoms with Crippen molar-refractivity contribution in [3.05, 3.63) is 97.2 Å². The summed E-state index contributed by atoms with van der Waals surface area (Å²) in [5.41, 5.74) is 0. The van der Waals surface area contributed by atoms with E-state index in [0.717, 1.165) is 128 Å². The second kappa shape index (κ2) is 56.2. The molecule has 9 nitrogen and oxygen atoms in total. The van der Waals surface area contributed by atoms with Gasteiger partial charge in [-0.1, -0.05) is 240 Å². The van der Waals surface area contributed by atoms with Crippen molar-refractivity contribution < 1.29 is 37.3 Å². The quantitative estimate of drug-likeness (QED) is 0.0212. The summed E-state index contributed by atoms with van der Waals surface area (Å²) >= 11 is 0. The monoisotopic (exact) mass is 1090 g/mol. The van der Waals surface area contributed by atoms with Crippen LogP contribution in [0.15, 0.2) is 97.2 Å². The van der Waals surface area contributed by atoms with Gasteiger partial charge in [-0.3, -0.25) is 14.2 Å². The summed E-state index contributed by atoms with van der Waals surface area (Å²) in [5, 5.41) is 3.02. The van der Waals surface area contributed by atoms with Crippen LogP contribution in [0.3, 0.4) is 0 Å². The van der Waals surface area contributed by atoms with Gasteiger partial charge in [-0.15, -0.1) is 0 Å². The number of nitrogens with one attached hydrogen (secondary N) is 1.